The van der Waals surface area contributed by atoms with Crippen LogP contribution in [-0.2, 0) is 11.2 Å². The van der Waals surface area contributed by atoms with Gasteiger partial charge in [0.2, 0.25) is 0 Å². The van der Waals surface area contributed by atoms with Gasteiger partial charge in [-0.2, -0.15) is 0 Å². The largest absolute Gasteiger partial charge is 0.482 e. The summed E-state index contributed by atoms with van der Waals surface area (Å²) < 4.78 is 5.35. The van der Waals surface area contributed by atoms with Crippen LogP contribution in [0.4, 0.5) is 5.00 Å². The minimum absolute atomic E-state index is 0.251. The van der Waals surface area contributed by atoms with Crippen LogP contribution in [-0.4, -0.2) is 18.4 Å². The van der Waals surface area contributed by atoms with Crippen molar-refractivity contribution < 1.29 is 14.3 Å². The molecule has 0 unspecified atom stereocenters. The molecule has 5 nitrogen and oxygen atoms in total. The molecule has 0 bridgehead atoms. The van der Waals surface area contributed by atoms with E-state index in [4.69, 9.17) is 33.7 Å². The molecule has 0 aliphatic rings. The molecule has 0 atom stereocenters. The Morgan fingerprint density at radius 2 is 2.04 bits per heavy atom. The molecule has 1 aromatic heterocycles. The second-order valence-electron chi connectivity index (χ2n) is 4.58. The van der Waals surface area contributed by atoms with Crippen molar-refractivity contribution in [2.45, 2.75) is 13.3 Å². The lowest BCUT2D eigenvalue weighted by Crippen LogP contribution is -2.21. The summed E-state index contributed by atoms with van der Waals surface area (Å²) in [7, 11) is 0. The molecule has 0 aliphatic carbocycles. The molecule has 1 heterocycles. The van der Waals surface area contributed by atoms with E-state index in [-0.39, 0.29) is 6.61 Å². The second-order valence-corrected chi connectivity index (χ2v) is 6.57. The fourth-order valence-electron chi connectivity index (χ4n) is 1.79. The van der Waals surface area contributed by atoms with Crippen molar-refractivity contribution >= 4 is 51.4 Å². The van der Waals surface area contributed by atoms with Crippen molar-refractivity contribution in [3.05, 3.63) is 44.8 Å². The van der Waals surface area contributed by atoms with E-state index in [0.717, 1.165) is 11.3 Å². The maximum atomic E-state index is 12.0. The number of carbonyl (C=O) groups excluding carboxylic acids is 2. The third kappa shape index (κ3) is 4.60. The summed E-state index contributed by atoms with van der Waals surface area (Å²) in [5.74, 6) is -0.650. The van der Waals surface area contributed by atoms with Gasteiger partial charge in [-0.25, -0.2) is 0 Å². The SMILES string of the molecule is CCc1cc(C(N)=O)c(NC(=O)COc2ccc(Cl)cc2Cl)s1. The first-order valence-corrected chi connectivity index (χ1v) is 8.28. The molecular formula is C15H14Cl2N2O3S. The average molecular weight is 373 g/mol. The number of aryl methyl sites for hydroxylation is 1. The first kappa shape index (κ1) is 17.6. The van der Waals surface area contributed by atoms with Crippen LogP contribution < -0.4 is 15.8 Å². The van der Waals surface area contributed by atoms with Gasteiger partial charge in [0.1, 0.15) is 10.8 Å². The number of nitrogens with one attached hydrogen (secondary N) is 1. The molecule has 8 heteroatoms. The maximum Gasteiger partial charge on any atom is 0.262 e. The average Bonchev–Trinajstić information content (AvgIpc) is 2.89. The first-order valence-electron chi connectivity index (χ1n) is 6.71. The number of primary amides is 1. The van der Waals surface area contributed by atoms with Gasteiger partial charge in [-0.3, -0.25) is 9.59 Å². The van der Waals surface area contributed by atoms with Gasteiger partial charge in [0.05, 0.1) is 10.6 Å². The Labute approximate surface area is 147 Å². The van der Waals surface area contributed by atoms with Crippen LogP contribution in [0.5, 0.6) is 5.75 Å². The Morgan fingerprint density at radius 1 is 1.30 bits per heavy atom. The summed E-state index contributed by atoms with van der Waals surface area (Å²) in [6.07, 6.45) is 0.748. The standard InChI is InChI=1S/C15H14Cl2N2O3S/c1-2-9-6-10(14(18)21)15(23-9)19-13(20)7-22-12-4-3-8(16)5-11(12)17/h3-6H,2,7H2,1H3,(H2,18,21)(H,19,20). The number of hydrogen-bond donors (Lipinski definition) is 2. The quantitative estimate of drug-likeness (QED) is 0.810. The number of halogens is 2. The third-order valence-electron chi connectivity index (χ3n) is 2.90. The van der Waals surface area contributed by atoms with E-state index in [1.54, 1.807) is 18.2 Å². The van der Waals surface area contributed by atoms with Crippen molar-refractivity contribution in [3.8, 4) is 5.75 Å². The molecule has 3 N–H and O–H groups in total. The van der Waals surface area contributed by atoms with Crippen LogP contribution in [0.1, 0.15) is 22.2 Å². The van der Waals surface area contributed by atoms with Gasteiger partial charge >= 0.3 is 0 Å². The number of hydrogen-bond acceptors (Lipinski definition) is 4. The molecular weight excluding hydrogens is 359 g/mol. The normalized spacial score (nSPS) is 10.4. The van der Waals surface area contributed by atoms with E-state index in [9.17, 15) is 9.59 Å². The number of amides is 2. The summed E-state index contributed by atoms with van der Waals surface area (Å²) in [5, 5.41) is 3.84. The summed E-state index contributed by atoms with van der Waals surface area (Å²) in [6, 6.07) is 6.39. The number of benzene rings is 1. The maximum absolute atomic E-state index is 12.0. The van der Waals surface area contributed by atoms with E-state index in [2.05, 4.69) is 5.32 Å². The van der Waals surface area contributed by atoms with Gasteiger partial charge in [0, 0.05) is 9.90 Å². The van der Waals surface area contributed by atoms with Crippen molar-refractivity contribution in [3.63, 3.8) is 0 Å². The number of carbonyl (C=O) groups is 2. The Balaban J connectivity index is 2.02. The minimum Gasteiger partial charge on any atom is -0.482 e. The fourth-order valence-corrected chi connectivity index (χ4v) is 3.27. The van der Waals surface area contributed by atoms with Gasteiger partial charge in [0.15, 0.2) is 6.61 Å². The highest BCUT2D eigenvalue weighted by Crippen LogP contribution is 2.29. The van der Waals surface area contributed by atoms with Gasteiger partial charge < -0.3 is 15.8 Å². The van der Waals surface area contributed by atoms with Crippen LogP contribution in [0.15, 0.2) is 24.3 Å². The number of ether oxygens (including phenoxy) is 1. The van der Waals surface area contributed by atoms with Crippen LogP contribution in [0.25, 0.3) is 0 Å². The predicted octanol–water partition coefficient (Wildman–Crippen LogP) is 3.73. The van der Waals surface area contributed by atoms with Crippen LogP contribution in [0.3, 0.4) is 0 Å². The van der Waals surface area contributed by atoms with Crippen molar-refractivity contribution in [2.24, 2.45) is 5.73 Å². The fraction of sp³-hybridized carbons (Fsp3) is 0.200. The summed E-state index contributed by atoms with van der Waals surface area (Å²) in [6.45, 7) is 1.70. The monoisotopic (exact) mass is 372 g/mol. The molecule has 2 amide bonds. The lowest BCUT2D eigenvalue weighted by atomic mass is 10.2. The first-order chi connectivity index (χ1) is 10.9. The van der Waals surface area contributed by atoms with Gasteiger partial charge in [-0.05, 0) is 30.7 Å². The molecule has 1 aromatic carbocycles. The lowest BCUT2D eigenvalue weighted by Gasteiger charge is -2.08. The molecule has 2 rings (SSSR count). The van der Waals surface area contributed by atoms with Crippen molar-refractivity contribution in [2.75, 3.05) is 11.9 Å². The topological polar surface area (TPSA) is 81.4 Å². The molecule has 122 valence electrons. The molecule has 0 fully saturated rings. The predicted molar refractivity (Wildman–Crippen MR) is 92.8 cm³/mol. The number of thiophene rings is 1. The third-order valence-corrected chi connectivity index (χ3v) is 4.63. The molecule has 0 saturated carbocycles. The second kappa shape index (κ2) is 7.68. The Kier molecular flexibility index (Phi) is 5.87. The zero-order valence-electron chi connectivity index (χ0n) is 12.2. The van der Waals surface area contributed by atoms with Crippen LogP contribution in [0.2, 0.25) is 10.0 Å². The Hall–Kier alpha value is -1.76. The van der Waals surface area contributed by atoms with E-state index < -0.39 is 11.8 Å². The number of anilines is 1. The highest BCUT2D eigenvalue weighted by atomic mass is 35.5. The highest BCUT2D eigenvalue weighted by molar-refractivity contribution is 7.16. The summed E-state index contributed by atoms with van der Waals surface area (Å²) in [5.41, 5.74) is 5.61. The number of nitrogens with two attached hydrogens (primary N) is 1. The Morgan fingerprint density at radius 3 is 2.65 bits per heavy atom. The van der Waals surface area contributed by atoms with Gasteiger partial charge in [-0.1, -0.05) is 30.1 Å². The van der Waals surface area contributed by atoms with Gasteiger partial charge in [0.25, 0.3) is 11.8 Å². The molecule has 0 radical (unpaired) electrons. The van der Waals surface area contributed by atoms with E-state index in [1.165, 1.54) is 17.4 Å². The van der Waals surface area contributed by atoms with Crippen molar-refractivity contribution in [1.29, 1.82) is 0 Å². The van der Waals surface area contributed by atoms with Gasteiger partial charge in [-0.15, -0.1) is 11.3 Å². The summed E-state index contributed by atoms with van der Waals surface area (Å²) in [4.78, 5) is 24.3. The van der Waals surface area contributed by atoms with Crippen LogP contribution in [0, 0.1) is 0 Å². The molecule has 2 aromatic rings. The number of rotatable bonds is 6. The molecule has 0 saturated heterocycles. The lowest BCUT2D eigenvalue weighted by molar-refractivity contribution is -0.118. The smallest absolute Gasteiger partial charge is 0.262 e. The summed E-state index contributed by atoms with van der Waals surface area (Å²) >= 11 is 13.1. The zero-order chi connectivity index (χ0) is 17.0. The Bertz CT molecular complexity index is 746. The molecule has 23 heavy (non-hydrogen) atoms. The molecule has 0 aliphatic heterocycles. The highest BCUT2D eigenvalue weighted by Gasteiger charge is 2.16. The minimum atomic E-state index is -0.585. The van der Waals surface area contributed by atoms with Crippen molar-refractivity contribution in [1.82, 2.24) is 0 Å². The van der Waals surface area contributed by atoms with E-state index in [0.29, 0.717) is 26.4 Å². The molecule has 0 spiro atoms. The van der Waals surface area contributed by atoms with E-state index in [1.807, 2.05) is 6.92 Å². The van der Waals surface area contributed by atoms with E-state index >= 15 is 0 Å². The zero-order valence-corrected chi connectivity index (χ0v) is 14.5. The van der Waals surface area contributed by atoms with Crippen LogP contribution >= 0.6 is 34.5 Å².